The minimum atomic E-state index is -0.0861. The van der Waals surface area contributed by atoms with Crippen LogP contribution in [0.4, 0.5) is 0 Å². The van der Waals surface area contributed by atoms with Crippen molar-refractivity contribution in [2.24, 2.45) is 5.92 Å². The zero-order valence-corrected chi connectivity index (χ0v) is 8.49. The predicted molar refractivity (Wildman–Crippen MR) is 51.6 cm³/mol. The molecule has 14 heavy (non-hydrogen) atoms. The maximum absolute atomic E-state index is 11.4. The topological polar surface area (TPSA) is 55.4 Å². The summed E-state index contributed by atoms with van der Waals surface area (Å²) in [4.78, 5) is 21.5. The van der Waals surface area contributed by atoms with Crippen LogP contribution in [0.25, 0.3) is 0 Å². The Hall–Kier alpha value is -1.06. The molecular weight excluding hydrogens is 182 g/mol. The number of carbonyl (C=O) groups excluding carboxylic acids is 2. The molecule has 0 aromatic carbocycles. The molecule has 80 valence electrons. The van der Waals surface area contributed by atoms with Crippen molar-refractivity contribution in [3.8, 4) is 0 Å². The summed E-state index contributed by atoms with van der Waals surface area (Å²) < 4.78 is 4.95. The maximum atomic E-state index is 11.4. The highest BCUT2D eigenvalue weighted by molar-refractivity contribution is 5.72. The lowest BCUT2D eigenvalue weighted by molar-refractivity contribution is -0.149. The van der Waals surface area contributed by atoms with Gasteiger partial charge in [0, 0.05) is 6.04 Å². The lowest BCUT2D eigenvalue weighted by Crippen LogP contribution is -2.34. The fourth-order valence-electron chi connectivity index (χ4n) is 1.85. The number of hydrogen-bond donors (Lipinski definition) is 1. The number of amides is 1. The molecule has 1 aliphatic carbocycles. The second-order valence-electron chi connectivity index (χ2n) is 3.59. The number of nitrogens with one attached hydrogen (secondary N) is 1. The highest BCUT2D eigenvalue weighted by Gasteiger charge is 2.26. The number of rotatable bonds is 4. The van der Waals surface area contributed by atoms with E-state index in [4.69, 9.17) is 4.74 Å². The Labute approximate surface area is 84.0 Å². The van der Waals surface area contributed by atoms with Crippen LogP contribution in [0.1, 0.15) is 32.6 Å². The van der Waals surface area contributed by atoms with E-state index in [1.54, 1.807) is 0 Å². The average Bonchev–Trinajstić information content (AvgIpc) is 2.20. The largest absolute Gasteiger partial charge is 0.466 e. The Balaban J connectivity index is 2.27. The summed E-state index contributed by atoms with van der Waals surface area (Å²) in [6.07, 6.45) is 4.13. The van der Waals surface area contributed by atoms with Gasteiger partial charge in [-0.25, -0.2) is 0 Å². The quantitative estimate of drug-likeness (QED) is 0.539. The standard InChI is InChI=1S/C10H17NO3/c1-2-14-10(13)8-3-5-9(6-4-8)11-7-12/h7-9H,2-6H2,1H3,(H,11,12). The SMILES string of the molecule is CCOC(=O)C1CCC(NC=O)CC1. The molecule has 0 spiro atoms. The van der Waals surface area contributed by atoms with Gasteiger partial charge in [0.2, 0.25) is 6.41 Å². The van der Waals surface area contributed by atoms with E-state index in [9.17, 15) is 9.59 Å². The van der Waals surface area contributed by atoms with E-state index < -0.39 is 0 Å². The monoisotopic (exact) mass is 199 g/mol. The first-order valence-electron chi connectivity index (χ1n) is 5.14. The van der Waals surface area contributed by atoms with E-state index in [2.05, 4.69) is 5.32 Å². The normalized spacial score (nSPS) is 26.6. The maximum Gasteiger partial charge on any atom is 0.308 e. The van der Waals surface area contributed by atoms with Gasteiger partial charge >= 0.3 is 5.97 Å². The summed E-state index contributed by atoms with van der Waals surface area (Å²) >= 11 is 0. The Morgan fingerprint density at radius 1 is 1.43 bits per heavy atom. The van der Waals surface area contributed by atoms with Gasteiger partial charge in [0.25, 0.3) is 0 Å². The Bertz CT molecular complexity index is 198. The molecule has 4 nitrogen and oxygen atoms in total. The van der Waals surface area contributed by atoms with Crippen molar-refractivity contribution in [1.29, 1.82) is 0 Å². The second-order valence-corrected chi connectivity index (χ2v) is 3.59. The van der Waals surface area contributed by atoms with Crippen LogP contribution in [-0.2, 0) is 14.3 Å². The van der Waals surface area contributed by atoms with E-state index in [-0.39, 0.29) is 17.9 Å². The van der Waals surface area contributed by atoms with Gasteiger partial charge in [-0.3, -0.25) is 9.59 Å². The van der Waals surface area contributed by atoms with E-state index in [1.807, 2.05) is 6.92 Å². The van der Waals surface area contributed by atoms with Crippen molar-refractivity contribution in [3.63, 3.8) is 0 Å². The van der Waals surface area contributed by atoms with Crippen LogP contribution in [0.3, 0.4) is 0 Å². The first-order chi connectivity index (χ1) is 6.77. The first kappa shape index (κ1) is 11.0. The molecule has 0 aliphatic heterocycles. The van der Waals surface area contributed by atoms with Crippen LogP contribution >= 0.6 is 0 Å². The van der Waals surface area contributed by atoms with Gasteiger partial charge in [0.15, 0.2) is 0 Å². The van der Waals surface area contributed by atoms with E-state index in [0.29, 0.717) is 6.61 Å². The van der Waals surface area contributed by atoms with E-state index >= 15 is 0 Å². The molecule has 1 amide bonds. The third kappa shape index (κ3) is 3.01. The summed E-state index contributed by atoms with van der Waals surface area (Å²) in [6, 6.07) is 0.248. The average molecular weight is 199 g/mol. The third-order valence-electron chi connectivity index (χ3n) is 2.65. The molecule has 0 heterocycles. The molecule has 1 N–H and O–H groups in total. The molecule has 0 aromatic heterocycles. The summed E-state index contributed by atoms with van der Waals surface area (Å²) in [7, 11) is 0. The highest BCUT2D eigenvalue weighted by atomic mass is 16.5. The second kappa shape index (κ2) is 5.62. The van der Waals surface area contributed by atoms with Gasteiger partial charge < -0.3 is 10.1 Å². The molecule has 0 aromatic rings. The molecule has 4 heteroatoms. The minimum Gasteiger partial charge on any atom is -0.466 e. The molecule has 1 saturated carbocycles. The Kier molecular flexibility index (Phi) is 4.43. The van der Waals surface area contributed by atoms with Crippen molar-refractivity contribution < 1.29 is 14.3 Å². The zero-order valence-electron chi connectivity index (χ0n) is 8.49. The van der Waals surface area contributed by atoms with Gasteiger partial charge in [-0.2, -0.15) is 0 Å². The lowest BCUT2D eigenvalue weighted by Gasteiger charge is -2.26. The predicted octanol–water partition coefficient (Wildman–Crippen LogP) is 0.854. The fourth-order valence-corrected chi connectivity index (χ4v) is 1.85. The van der Waals surface area contributed by atoms with Gasteiger partial charge in [-0.1, -0.05) is 0 Å². The molecule has 1 fully saturated rings. The number of esters is 1. The van der Waals surface area contributed by atoms with E-state index in [0.717, 1.165) is 32.1 Å². The molecule has 0 radical (unpaired) electrons. The smallest absolute Gasteiger partial charge is 0.308 e. The summed E-state index contributed by atoms with van der Waals surface area (Å²) in [6.45, 7) is 2.27. The first-order valence-corrected chi connectivity index (χ1v) is 5.14. The number of carbonyl (C=O) groups is 2. The molecule has 0 unspecified atom stereocenters. The van der Waals surface area contributed by atoms with Gasteiger partial charge in [0.05, 0.1) is 12.5 Å². The van der Waals surface area contributed by atoms with Crippen molar-refractivity contribution in [1.82, 2.24) is 5.32 Å². The van der Waals surface area contributed by atoms with Gasteiger partial charge in [-0.05, 0) is 32.6 Å². The molecule has 1 rings (SSSR count). The zero-order chi connectivity index (χ0) is 10.4. The van der Waals surface area contributed by atoms with Crippen LogP contribution in [0.15, 0.2) is 0 Å². The fraction of sp³-hybridized carbons (Fsp3) is 0.800. The Morgan fingerprint density at radius 2 is 2.07 bits per heavy atom. The van der Waals surface area contributed by atoms with Crippen LogP contribution in [0.2, 0.25) is 0 Å². The summed E-state index contributed by atoms with van der Waals surface area (Å²) in [5.74, 6) is -0.0447. The molecular formula is C10H17NO3. The van der Waals surface area contributed by atoms with Crippen LogP contribution < -0.4 is 5.32 Å². The van der Waals surface area contributed by atoms with Crippen LogP contribution in [-0.4, -0.2) is 25.0 Å². The minimum absolute atomic E-state index is 0.0413. The third-order valence-corrected chi connectivity index (χ3v) is 2.65. The van der Waals surface area contributed by atoms with Gasteiger partial charge in [0.1, 0.15) is 0 Å². The van der Waals surface area contributed by atoms with E-state index in [1.165, 1.54) is 0 Å². The van der Waals surface area contributed by atoms with Crippen molar-refractivity contribution >= 4 is 12.4 Å². The number of hydrogen-bond acceptors (Lipinski definition) is 3. The van der Waals surface area contributed by atoms with Crippen molar-refractivity contribution in [2.45, 2.75) is 38.6 Å². The van der Waals surface area contributed by atoms with Crippen LogP contribution in [0, 0.1) is 5.92 Å². The van der Waals surface area contributed by atoms with Crippen molar-refractivity contribution in [2.75, 3.05) is 6.61 Å². The highest BCUT2D eigenvalue weighted by Crippen LogP contribution is 2.24. The van der Waals surface area contributed by atoms with Crippen LogP contribution in [0.5, 0.6) is 0 Å². The van der Waals surface area contributed by atoms with Gasteiger partial charge in [-0.15, -0.1) is 0 Å². The summed E-state index contributed by atoms with van der Waals surface area (Å²) in [5.41, 5.74) is 0. The molecule has 1 aliphatic rings. The lowest BCUT2D eigenvalue weighted by atomic mass is 9.86. The molecule has 0 saturated heterocycles. The Morgan fingerprint density at radius 3 is 2.57 bits per heavy atom. The molecule has 0 atom stereocenters. The number of ether oxygens (including phenoxy) is 1. The summed E-state index contributed by atoms with van der Waals surface area (Å²) in [5, 5.41) is 2.74. The van der Waals surface area contributed by atoms with Crippen molar-refractivity contribution in [3.05, 3.63) is 0 Å². The molecule has 0 bridgehead atoms.